The minimum absolute atomic E-state index is 0. The van der Waals surface area contributed by atoms with E-state index in [2.05, 4.69) is 27.7 Å². The van der Waals surface area contributed by atoms with E-state index in [4.69, 9.17) is 9.31 Å². The van der Waals surface area contributed by atoms with Gasteiger partial charge in [-0.25, -0.2) is 4.79 Å². The molecule has 0 fully saturated rings. The molecule has 0 atom stereocenters. The van der Waals surface area contributed by atoms with Crippen LogP contribution in [0.4, 0.5) is 4.79 Å². The average molecular weight is 434 g/mol. The molecule has 28 heavy (non-hydrogen) atoms. The zero-order valence-electron chi connectivity index (χ0n) is 19.5. The van der Waals surface area contributed by atoms with Gasteiger partial charge in [-0.1, -0.05) is 76.2 Å². The van der Waals surface area contributed by atoms with Crippen molar-refractivity contribution in [1.29, 1.82) is 0 Å². The van der Waals surface area contributed by atoms with Crippen molar-refractivity contribution in [2.75, 3.05) is 0 Å². The molecule has 0 saturated carbocycles. The fourth-order valence-electron chi connectivity index (χ4n) is 2.44. The van der Waals surface area contributed by atoms with E-state index in [1.165, 1.54) is 0 Å². The van der Waals surface area contributed by atoms with Gasteiger partial charge in [0.05, 0.1) is 0 Å². The second-order valence-electron chi connectivity index (χ2n) is 6.83. The summed E-state index contributed by atoms with van der Waals surface area (Å²) in [5, 5.41) is 20.0. The second kappa shape index (κ2) is 14.2. The number of benzene rings is 2. The molecule has 0 bridgehead atoms. The Labute approximate surface area is 256 Å². The molecule has 0 spiro atoms. The third kappa shape index (κ3) is 9.03. The number of rotatable bonds is 6. The topological polar surface area (TPSA) is 76.0 Å². The summed E-state index contributed by atoms with van der Waals surface area (Å²) in [6.07, 6.45) is -1.15. The molecular weight excluding hydrogens is 408 g/mol. The van der Waals surface area contributed by atoms with Crippen LogP contribution in [0.5, 0.6) is 0 Å². The van der Waals surface area contributed by atoms with Gasteiger partial charge in [-0.15, -0.1) is 0 Å². The maximum atomic E-state index is 11.8. The summed E-state index contributed by atoms with van der Waals surface area (Å²) in [4.78, 5) is 11.8. The zero-order chi connectivity index (χ0) is 19.3. The van der Waals surface area contributed by atoms with Gasteiger partial charge in [0, 0.05) is 0 Å². The summed E-state index contributed by atoms with van der Waals surface area (Å²) in [5.41, 5.74) is 3.09. The zero-order valence-corrected chi connectivity index (χ0v) is 23.8. The van der Waals surface area contributed by atoms with Crippen LogP contribution in [0.1, 0.15) is 53.5 Å². The Kier molecular flexibility index (Phi) is 14.7. The molecule has 0 unspecified atom stereocenters. The summed E-state index contributed by atoms with van der Waals surface area (Å²) in [6.45, 7) is 8.26. The number of hydrogen-bond acceptors (Lipinski definition) is 5. The summed E-state index contributed by atoms with van der Waals surface area (Å²) >= 11 is 0. The van der Waals surface area contributed by atoms with E-state index in [1.54, 1.807) is 24.3 Å². The van der Waals surface area contributed by atoms with E-state index in [-0.39, 0.29) is 106 Å². The van der Waals surface area contributed by atoms with Crippen LogP contribution in [0.25, 0.3) is 0 Å². The van der Waals surface area contributed by atoms with E-state index < -0.39 is 20.4 Å². The second-order valence-corrected chi connectivity index (χ2v) is 6.83. The van der Waals surface area contributed by atoms with Crippen LogP contribution in [0.15, 0.2) is 48.5 Å². The van der Waals surface area contributed by atoms with Gasteiger partial charge in [0.2, 0.25) is 0 Å². The van der Waals surface area contributed by atoms with Gasteiger partial charge >= 0.3 is 123 Å². The minimum Gasteiger partial charge on any atom is -1.00 e. The average Bonchev–Trinajstić information content (AvgIpc) is 2.61. The van der Waals surface area contributed by atoms with E-state index >= 15 is 0 Å². The van der Waals surface area contributed by atoms with Gasteiger partial charge in [-0.2, -0.15) is 0 Å². The van der Waals surface area contributed by atoms with Crippen molar-refractivity contribution in [1.82, 2.24) is 0 Å². The third-order valence-electron chi connectivity index (χ3n) is 4.19. The number of carbonyl (C=O) groups is 1. The van der Waals surface area contributed by atoms with E-state index in [0.717, 1.165) is 11.1 Å². The molecule has 2 aromatic carbocycles. The molecule has 0 amide bonds. The van der Waals surface area contributed by atoms with Crippen LogP contribution in [0.2, 0.25) is 0 Å². The van der Waals surface area contributed by atoms with Crippen LogP contribution < -0.4 is 114 Å². The normalized spacial score (nSPS) is 10.0. The number of hydrogen-bond donors (Lipinski definition) is 2. The Morgan fingerprint density at radius 3 is 1.29 bits per heavy atom. The summed E-state index contributed by atoms with van der Waals surface area (Å²) in [7, 11) is -2.92. The van der Waals surface area contributed by atoms with Crippen molar-refractivity contribution < 1.29 is 130 Å². The van der Waals surface area contributed by atoms with Crippen molar-refractivity contribution in [2.24, 2.45) is 0 Å². The molecule has 2 aromatic rings. The Morgan fingerprint density at radius 1 is 0.750 bits per heavy atom. The monoisotopic (exact) mass is 434 g/mol. The van der Waals surface area contributed by atoms with Crippen molar-refractivity contribution >= 4 is 31.3 Å². The van der Waals surface area contributed by atoms with Crippen LogP contribution in [-0.4, -0.2) is 30.4 Å². The Hall–Kier alpha value is 1.03. The molecule has 0 saturated heterocycles. The Balaban J connectivity index is -0.00000182. The Morgan fingerprint density at radius 2 is 1.04 bits per heavy atom. The molecule has 0 aromatic heterocycles. The van der Waals surface area contributed by atoms with Crippen molar-refractivity contribution in [3.63, 3.8) is 0 Å². The van der Waals surface area contributed by atoms with E-state index in [9.17, 15) is 14.8 Å². The fraction of sp³-hybridized carbons (Fsp3) is 0.316. The molecule has 0 heterocycles. The molecular formula is C19H26B2K2O5. The van der Waals surface area contributed by atoms with Gasteiger partial charge in [0.1, 0.15) is 0 Å². The van der Waals surface area contributed by atoms with Crippen molar-refractivity contribution in [2.45, 2.75) is 39.5 Å². The first-order valence-corrected chi connectivity index (χ1v) is 8.71. The smallest absolute Gasteiger partial charge is 1.00 e. The van der Waals surface area contributed by atoms with Crippen molar-refractivity contribution in [3.05, 3.63) is 59.7 Å². The fourth-order valence-corrected chi connectivity index (χ4v) is 2.44. The molecule has 0 aliphatic heterocycles. The molecule has 0 radical (unpaired) electrons. The quantitative estimate of drug-likeness (QED) is 0.460. The predicted molar refractivity (Wildman–Crippen MR) is 106 cm³/mol. The molecule has 2 rings (SSSR count). The third-order valence-corrected chi connectivity index (χ3v) is 4.19. The van der Waals surface area contributed by atoms with E-state index in [0.29, 0.717) is 22.8 Å². The molecule has 2 N–H and O–H groups in total. The van der Waals surface area contributed by atoms with Gasteiger partial charge in [0.15, 0.2) is 0 Å². The molecule has 9 heteroatoms. The van der Waals surface area contributed by atoms with Gasteiger partial charge < -0.3 is 22.2 Å². The van der Waals surface area contributed by atoms with Crippen LogP contribution in [-0.2, 0) is 9.31 Å². The summed E-state index contributed by atoms with van der Waals surface area (Å²) in [5.74, 6) is 0.730. The summed E-state index contributed by atoms with van der Waals surface area (Å²) in [6, 6.07) is 14.2. The minimum atomic E-state index is -1.46. The van der Waals surface area contributed by atoms with Gasteiger partial charge in [-0.3, -0.25) is 0 Å². The first kappa shape index (κ1) is 29.0. The van der Waals surface area contributed by atoms with Crippen LogP contribution >= 0.6 is 0 Å². The van der Waals surface area contributed by atoms with Gasteiger partial charge in [-0.05, 0) is 33.9 Å². The standard InChI is InChI=1S/C19H24B2O5.2K.2H/c1-13(2)15-5-9-17(10-6-15)20(23)25-19(22)26-21(24)18-11-7-16(8-12-18)14(3)4;;;;/h5-14,23-24H,1-4H3;;;;/q;2*+1;2*-1. The van der Waals surface area contributed by atoms with Crippen molar-refractivity contribution in [3.8, 4) is 0 Å². The molecule has 140 valence electrons. The SMILES string of the molecule is CC(C)c1ccc(B(O)OC(=O)OB(O)c2ccc(C(C)C)cc2)cc1.[H-].[H-].[K+].[K+]. The molecule has 0 aliphatic carbocycles. The Bertz CT molecular complexity index is 673. The van der Waals surface area contributed by atoms with Crippen LogP contribution in [0.3, 0.4) is 0 Å². The molecule has 0 aliphatic rings. The van der Waals surface area contributed by atoms with E-state index in [1.807, 2.05) is 24.3 Å². The maximum absolute atomic E-state index is 11.8. The predicted octanol–water partition coefficient (Wildman–Crippen LogP) is -3.61. The first-order valence-electron chi connectivity index (χ1n) is 8.71. The van der Waals surface area contributed by atoms with Gasteiger partial charge in [0.25, 0.3) is 0 Å². The van der Waals surface area contributed by atoms with Crippen LogP contribution in [0, 0.1) is 0 Å². The number of carbonyl (C=O) groups excluding carboxylic acids is 1. The molecule has 5 nitrogen and oxygen atoms in total. The summed E-state index contributed by atoms with van der Waals surface area (Å²) < 4.78 is 9.65. The first-order chi connectivity index (χ1) is 12.3. The largest absolute Gasteiger partial charge is 1.00 e. The maximum Gasteiger partial charge on any atom is 1.00 e.